The van der Waals surface area contributed by atoms with Crippen LogP contribution in [0.5, 0.6) is 0 Å². The van der Waals surface area contributed by atoms with Crippen LogP contribution in [0.25, 0.3) is 0 Å². The Bertz CT molecular complexity index is 107. The van der Waals surface area contributed by atoms with Crippen molar-refractivity contribution < 1.29 is 9.47 Å². The van der Waals surface area contributed by atoms with Crippen molar-refractivity contribution in [3.8, 4) is 0 Å². The standard InChI is InChI=1S/C13H29BO2/c1-3-5-11-15-13(9-7-8-10-14)16-12-6-4-2/h13H,3-12,14H2,1-2H3. The molecule has 3 heteroatoms. The van der Waals surface area contributed by atoms with Gasteiger partial charge in [-0.2, -0.15) is 0 Å². The first kappa shape index (κ1) is 16.0. The average Bonchev–Trinajstić information content (AvgIpc) is 2.29. The second-order valence-electron chi connectivity index (χ2n) is 4.37. The van der Waals surface area contributed by atoms with Gasteiger partial charge in [0.05, 0.1) is 0 Å². The van der Waals surface area contributed by atoms with Crippen molar-refractivity contribution in [3.05, 3.63) is 0 Å². The summed E-state index contributed by atoms with van der Waals surface area (Å²) in [5.74, 6) is 0. The zero-order valence-corrected chi connectivity index (χ0v) is 11.5. The van der Waals surface area contributed by atoms with Crippen LogP contribution in [0.2, 0.25) is 6.32 Å². The van der Waals surface area contributed by atoms with E-state index in [0.717, 1.165) is 32.5 Å². The van der Waals surface area contributed by atoms with Gasteiger partial charge in [0.2, 0.25) is 0 Å². The second kappa shape index (κ2) is 13.1. The van der Waals surface area contributed by atoms with Crippen LogP contribution in [0, 0.1) is 0 Å². The summed E-state index contributed by atoms with van der Waals surface area (Å²) >= 11 is 0. The van der Waals surface area contributed by atoms with E-state index in [1.165, 1.54) is 32.0 Å². The smallest absolute Gasteiger partial charge is 0.157 e. The SMILES string of the molecule is BCCCCC(OCCCC)OCCCC. The lowest BCUT2D eigenvalue weighted by atomic mass is 9.99. The summed E-state index contributed by atoms with van der Waals surface area (Å²) in [5, 5.41) is 0. The molecule has 0 aliphatic rings. The highest BCUT2D eigenvalue weighted by atomic mass is 16.7. The Morgan fingerprint density at radius 3 is 1.88 bits per heavy atom. The lowest BCUT2D eigenvalue weighted by molar-refractivity contribution is -0.147. The quantitative estimate of drug-likeness (QED) is 0.290. The summed E-state index contributed by atoms with van der Waals surface area (Å²) in [6.07, 6.45) is 9.53. The van der Waals surface area contributed by atoms with Gasteiger partial charge in [-0.15, -0.1) is 0 Å². The molecule has 2 nitrogen and oxygen atoms in total. The molecule has 0 aromatic carbocycles. The van der Waals surface area contributed by atoms with E-state index >= 15 is 0 Å². The summed E-state index contributed by atoms with van der Waals surface area (Å²) in [4.78, 5) is 0. The molecule has 16 heavy (non-hydrogen) atoms. The zero-order valence-electron chi connectivity index (χ0n) is 11.5. The largest absolute Gasteiger partial charge is 0.353 e. The summed E-state index contributed by atoms with van der Waals surface area (Å²) in [7, 11) is 2.23. The van der Waals surface area contributed by atoms with E-state index < -0.39 is 0 Å². The molecule has 0 aliphatic carbocycles. The Labute approximate surface area is 102 Å². The van der Waals surface area contributed by atoms with Gasteiger partial charge in [-0.05, 0) is 25.7 Å². The lowest BCUT2D eigenvalue weighted by Gasteiger charge is -2.18. The molecule has 0 amide bonds. The highest BCUT2D eigenvalue weighted by Gasteiger charge is 2.08. The van der Waals surface area contributed by atoms with E-state index in [4.69, 9.17) is 9.47 Å². The second-order valence-corrected chi connectivity index (χ2v) is 4.37. The Balaban J connectivity index is 3.58. The van der Waals surface area contributed by atoms with Gasteiger partial charge in [-0.25, -0.2) is 0 Å². The number of hydrogen-bond donors (Lipinski definition) is 0. The minimum Gasteiger partial charge on any atom is -0.353 e. The number of ether oxygens (including phenoxy) is 2. The van der Waals surface area contributed by atoms with Crippen molar-refractivity contribution >= 4 is 7.85 Å². The molecule has 0 heterocycles. The fourth-order valence-corrected chi connectivity index (χ4v) is 1.49. The molecule has 0 bridgehead atoms. The number of unbranched alkanes of at least 4 members (excludes halogenated alkanes) is 3. The summed E-state index contributed by atoms with van der Waals surface area (Å²) in [5.41, 5.74) is 0. The van der Waals surface area contributed by atoms with E-state index in [9.17, 15) is 0 Å². The fourth-order valence-electron chi connectivity index (χ4n) is 1.49. The predicted molar refractivity (Wildman–Crippen MR) is 72.7 cm³/mol. The van der Waals surface area contributed by atoms with Gasteiger partial charge in [0, 0.05) is 13.2 Å². The van der Waals surface area contributed by atoms with Crippen molar-refractivity contribution in [2.75, 3.05) is 13.2 Å². The normalized spacial score (nSPS) is 11.2. The minimum atomic E-state index is 0.0460. The monoisotopic (exact) mass is 228 g/mol. The third-order valence-electron chi connectivity index (χ3n) is 2.65. The molecular formula is C13H29BO2. The van der Waals surface area contributed by atoms with Crippen LogP contribution in [-0.2, 0) is 9.47 Å². The van der Waals surface area contributed by atoms with E-state index in [2.05, 4.69) is 21.7 Å². The van der Waals surface area contributed by atoms with Gasteiger partial charge in [0.25, 0.3) is 0 Å². The minimum absolute atomic E-state index is 0.0460. The van der Waals surface area contributed by atoms with Crippen LogP contribution in [0.4, 0.5) is 0 Å². The van der Waals surface area contributed by atoms with Gasteiger partial charge in [-0.1, -0.05) is 39.4 Å². The van der Waals surface area contributed by atoms with E-state index in [-0.39, 0.29) is 6.29 Å². The molecule has 0 unspecified atom stereocenters. The van der Waals surface area contributed by atoms with Crippen LogP contribution in [0.3, 0.4) is 0 Å². The van der Waals surface area contributed by atoms with Gasteiger partial charge in [0.1, 0.15) is 7.85 Å². The Hall–Kier alpha value is -0.0151. The number of hydrogen-bond acceptors (Lipinski definition) is 2. The van der Waals surface area contributed by atoms with Crippen LogP contribution < -0.4 is 0 Å². The highest BCUT2D eigenvalue weighted by Crippen LogP contribution is 2.09. The molecule has 0 fully saturated rings. The van der Waals surface area contributed by atoms with Crippen LogP contribution in [0.15, 0.2) is 0 Å². The Kier molecular flexibility index (Phi) is 13.0. The molecule has 0 atom stereocenters. The molecule has 0 aliphatic heterocycles. The van der Waals surface area contributed by atoms with Gasteiger partial charge >= 0.3 is 0 Å². The van der Waals surface area contributed by atoms with Gasteiger partial charge in [0.15, 0.2) is 6.29 Å². The molecule has 0 radical (unpaired) electrons. The molecule has 0 saturated heterocycles. The lowest BCUT2D eigenvalue weighted by Crippen LogP contribution is -2.18. The third kappa shape index (κ3) is 10.5. The maximum absolute atomic E-state index is 5.75. The molecule has 0 N–H and O–H groups in total. The third-order valence-corrected chi connectivity index (χ3v) is 2.65. The molecule has 0 aromatic heterocycles. The number of rotatable bonds is 12. The van der Waals surface area contributed by atoms with Gasteiger partial charge < -0.3 is 9.47 Å². The molecule has 0 aromatic rings. The van der Waals surface area contributed by atoms with Crippen molar-refractivity contribution in [1.82, 2.24) is 0 Å². The van der Waals surface area contributed by atoms with E-state index in [1.54, 1.807) is 0 Å². The van der Waals surface area contributed by atoms with Crippen LogP contribution in [-0.4, -0.2) is 27.4 Å². The summed E-state index contributed by atoms with van der Waals surface area (Å²) in [6, 6.07) is 0. The van der Waals surface area contributed by atoms with Crippen molar-refractivity contribution in [2.24, 2.45) is 0 Å². The first-order chi connectivity index (χ1) is 7.85. The van der Waals surface area contributed by atoms with Crippen molar-refractivity contribution in [2.45, 2.75) is 71.4 Å². The molecule has 96 valence electrons. The average molecular weight is 228 g/mol. The maximum Gasteiger partial charge on any atom is 0.157 e. The Morgan fingerprint density at radius 1 is 0.875 bits per heavy atom. The summed E-state index contributed by atoms with van der Waals surface area (Å²) in [6.45, 7) is 6.07. The predicted octanol–water partition coefficient (Wildman–Crippen LogP) is 3.17. The van der Waals surface area contributed by atoms with E-state index in [1.807, 2.05) is 0 Å². The topological polar surface area (TPSA) is 18.5 Å². The van der Waals surface area contributed by atoms with Crippen LogP contribution in [0.1, 0.15) is 58.8 Å². The first-order valence-electron chi connectivity index (χ1n) is 7.08. The maximum atomic E-state index is 5.75. The Morgan fingerprint density at radius 2 is 1.44 bits per heavy atom. The molecule has 0 saturated carbocycles. The molecule has 0 spiro atoms. The highest BCUT2D eigenvalue weighted by molar-refractivity contribution is 6.08. The van der Waals surface area contributed by atoms with Gasteiger partial charge in [-0.3, -0.25) is 0 Å². The zero-order chi connectivity index (χ0) is 12.1. The van der Waals surface area contributed by atoms with E-state index in [0.29, 0.717) is 0 Å². The van der Waals surface area contributed by atoms with Crippen LogP contribution >= 0.6 is 0 Å². The van der Waals surface area contributed by atoms with Crippen molar-refractivity contribution in [1.29, 1.82) is 0 Å². The fraction of sp³-hybridized carbons (Fsp3) is 1.00. The molecular weight excluding hydrogens is 199 g/mol. The van der Waals surface area contributed by atoms with Crippen molar-refractivity contribution in [3.63, 3.8) is 0 Å². The molecule has 0 rings (SSSR count). The summed E-state index contributed by atoms with van der Waals surface area (Å²) < 4.78 is 11.5. The first-order valence-corrected chi connectivity index (χ1v) is 7.08.